The van der Waals surface area contributed by atoms with E-state index in [9.17, 15) is 14.7 Å². The minimum atomic E-state index is -0.634. The molecule has 0 unspecified atom stereocenters. The summed E-state index contributed by atoms with van der Waals surface area (Å²) in [5.41, 5.74) is 3.69. The number of aliphatic hydroxyl groups excluding tert-OH is 1. The molecule has 0 radical (unpaired) electrons. The smallest absolute Gasteiger partial charge is 0.295 e. The first-order chi connectivity index (χ1) is 16.2. The molecule has 4 rings (SSSR count). The van der Waals surface area contributed by atoms with E-state index in [2.05, 4.69) is 18.7 Å². The SMILES string of the molecule is CC(C)c1ccc([C@H]2C(=C(O)c3ccc4c(c3)C[C@H](C)O4)C(=O)C(=O)N2CCCN(C)C)cc1. The highest BCUT2D eigenvalue weighted by molar-refractivity contribution is 6.46. The largest absolute Gasteiger partial charge is 0.507 e. The monoisotopic (exact) mass is 462 g/mol. The van der Waals surface area contributed by atoms with Crippen molar-refractivity contribution in [1.29, 1.82) is 0 Å². The van der Waals surface area contributed by atoms with Crippen molar-refractivity contribution in [1.82, 2.24) is 9.80 Å². The van der Waals surface area contributed by atoms with Crippen molar-refractivity contribution >= 4 is 17.4 Å². The molecule has 2 aromatic carbocycles. The van der Waals surface area contributed by atoms with Gasteiger partial charge in [-0.05, 0) is 74.8 Å². The molecule has 2 heterocycles. The van der Waals surface area contributed by atoms with Gasteiger partial charge in [-0.3, -0.25) is 9.59 Å². The number of hydrogen-bond acceptors (Lipinski definition) is 5. The van der Waals surface area contributed by atoms with E-state index in [1.54, 1.807) is 11.0 Å². The van der Waals surface area contributed by atoms with E-state index in [-0.39, 0.29) is 17.4 Å². The second-order valence-corrected chi connectivity index (χ2v) is 9.93. The maximum atomic E-state index is 13.2. The summed E-state index contributed by atoms with van der Waals surface area (Å²) in [6.07, 6.45) is 1.55. The molecule has 0 aliphatic carbocycles. The first-order valence-electron chi connectivity index (χ1n) is 12.0. The van der Waals surface area contributed by atoms with Gasteiger partial charge in [-0.1, -0.05) is 38.1 Å². The van der Waals surface area contributed by atoms with E-state index in [1.165, 1.54) is 5.56 Å². The molecule has 2 aromatic rings. The first-order valence-corrected chi connectivity index (χ1v) is 12.0. The topological polar surface area (TPSA) is 70.1 Å². The Labute approximate surface area is 201 Å². The molecule has 2 atom stereocenters. The fraction of sp³-hybridized carbons (Fsp3) is 0.429. The van der Waals surface area contributed by atoms with E-state index in [0.717, 1.165) is 36.3 Å². The van der Waals surface area contributed by atoms with Gasteiger partial charge in [-0.15, -0.1) is 0 Å². The molecule has 2 aliphatic heterocycles. The molecule has 0 bridgehead atoms. The molecule has 1 fully saturated rings. The van der Waals surface area contributed by atoms with Crippen LogP contribution in [-0.4, -0.2) is 59.9 Å². The van der Waals surface area contributed by atoms with Crippen molar-refractivity contribution < 1.29 is 19.4 Å². The Hall–Kier alpha value is -3.12. The molecule has 180 valence electrons. The number of likely N-dealkylation sites (tertiary alicyclic amines) is 1. The Morgan fingerprint density at radius 1 is 1.15 bits per heavy atom. The Morgan fingerprint density at radius 2 is 1.85 bits per heavy atom. The highest BCUT2D eigenvalue weighted by atomic mass is 16.5. The summed E-state index contributed by atoms with van der Waals surface area (Å²) in [5, 5.41) is 11.3. The van der Waals surface area contributed by atoms with Gasteiger partial charge in [0.25, 0.3) is 11.7 Å². The highest BCUT2D eigenvalue weighted by Gasteiger charge is 2.45. The van der Waals surface area contributed by atoms with E-state index in [1.807, 2.05) is 57.4 Å². The number of fused-ring (bicyclic) bond motifs is 1. The van der Waals surface area contributed by atoms with Gasteiger partial charge in [0.2, 0.25) is 0 Å². The standard InChI is InChI=1S/C28H34N2O4/c1-17(2)19-7-9-20(10-8-19)25-24(27(32)28(33)30(25)14-6-13-29(4)5)26(31)21-11-12-23-22(16-21)15-18(3)34-23/h7-12,16-18,25,31H,6,13-15H2,1-5H3/t18-,25-/m0/s1. The van der Waals surface area contributed by atoms with Crippen LogP contribution in [0, 0.1) is 0 Å². The zero-order chi connectivity index (χ0) is 24.6. The van der Waals surface area contributed by atoms with Gasteiger partial charge < -0.3 is 19.6 Å². The average molecular weight is 463 g/mol. The van der Waals surface area contributed by atoms with Crippen LogP contribution in [0.25, 0.3) is 5.76 Å². The van der Waals surface area contributed by atoms with Crippen LogP contribution in [0.15, 0.2) is 48.0 Å². The van der Waals surface area contributed by atoms with Crippen molar-refractivity contribution in [2.75, 3.05) is 27.2 Å². The lowest BCUT2D eigenvalue weighted by atomic mass is 9.92. The molecule has 2 aliphatic rings. The first kappa shape index (κ1) is 24.0. The van der Waals surface area contributed by atoms with Gasteiger partial charge in [0.05, 0.1) is 11.6 Å². The zero-order valence-electron chi connectivity index (χ0n) is 20.7. The third kappa shape index (κ3) is 4.60. The van der Waals surface area contributed by atoms with Gasteiger partial charge in [-0.25, -0.2) is 0 Å². The molecule has 6 nitrogen and oxygen atoms in total. The minimum absolute atomic E-state index is 0.0779. The predicted octanol–water partition coefficient (Wildman–Crippen LogP) is 4.51. The van der Waals surface area contributed by atoms with Crippen molar-refractivity contribution in [2.24, 2.45) is 0 Å². The molecule has 6 heteroatoms. The summed E-state index contributed by atoms with van der Waals surface area (Å²) in [7, 11) is 3.96. The Balaban J connectivity index is 1.77. The van der Waals surface area contributed by atoms with Gasteiger partial charge in [0.15, 0.2) is 0 Å². The number of carbonyl (C=O) groups is 2. The maximum Gasteiger partial charge on any atom is 0.295 e. The van der Waals surface area contributed by atoms with Crippen molar-refractivity contribution in [2.45, 2.75) is 51.7 Å². The van der Waals surface area contributed by atoms with Crippen LogP contribution in [0.4, 0.5) is 0 Å². The lowest BCUT2D eigenvalue weighted by molar-refractivity contribution is -0.139. The Bertz CT molecular complexity index is 1120. The number of hydrogen-bond donors (Lipinski definition) is 1. The fourth-order valence-electron chi connectivity index (χ4n) is 4.80. The number of carbonyl (C=O) groups excluding carboxylic acids is 2. The van der Waals surface area contributed by atoms with E-state index in [0.29, 0.717) is 18.0 Å². The van der Waals surface area contributed by atoms with Crippen molar-refractivity contribution in [3.05, 3.63) is 70.3 Å². The minimum Gasteiger partial charge on any atom is -0.507 e. The molecule has 0 saturated carbocycles. The number of Topliss-reactive ketones (excluding diaryl/α,β-unsaturated/α-hetero) is 1. The molecular formula is C28H34N2O4. The summed E-state index contributed by atoms with van der Waals surface area (Å²) >= 11 is 0. The van der Waals surface area contributed by atoms with Crippen LogP contribution in [0.1, 0.15) is 61.4 Å². The maximum absolute atomic E-state index is 13.2. The number of amides is 1. The van der Waals surface area contributed by atoms with Crippen LogP contribution in [-0.2, 0) is 16.0 Å². The molecule has 0 aromatic heterocycles. The van der Waals surface area contributed by atoms with Crippen LogP contribution >= 0.6 is 0 Å². The number of nitrogens with zero attached hydrogens (tertiary/aromatic N) is 2. The van der Waals surface area contributed by atoms with Gasteiger partial charge >= 0.3 is 0 Å². The summed E-state index contributed by atoms with van der Waals surface area (Å²) < 4.78 is 5.78. The number of ketones is 1. The van der Waals surface area contributed by atoms with Crippen molar-refractivity contribution in [3.8, 4) is 5.75 Å². The Kier molecular flexibility index (Phi) is 6.80. The summed E-state index contributed by atoms with van der Waals surface area (Å²) in [6, 6.07) is 12.8. The number of ether oxygens (including phenoxy) is 1. The van der Waals surface area contributed by atoms with E-state index in [4.69, 9.17) is 4.74 Å². The summed E-state index contributed by atoms with van der Waals surface area (Å²) in [5.74, 6) is -0.152. The van der Waals surface area contributed by atoms with Crippen molar-refractivity contribution in [3.63, 3.8) is 0 Å². The molecule has 1 amide bonds. The molecule has 1 N–H and O–H groups in total. The van der Waals surface area contributed by atoms with Crippen LogP contribution in [0.5, 0.6) is 5.75 Å². The Morgan fingerprint density at radius 3 is 2.50 bits per heavy atom. The fourth-order valence-corrected chi connectivity index (χ4v) is 4.80. The van der Waals surface area contributed by atoms with Crippen LogP contribution in [0.2, 0.25) is 0 Å². The molecular weight excluding hydrogens is 428 g/mol. The van der Waals surface area contributed by atoms with E-state index >= 15 is 0 Å². The quantitative estimate of drug-likeness (QED) is 0.373. The lowest BCUT2D eigenvalue weighted by Gasteiger charge is -2.26. The van der Waals surface area contributed by atoms with Crippen LogP contribution in [0.3, 0.4) is 0 Å². The van der Waals surface area contributed by atoms with E-state index < -0.39 is 17.7 Å². The summed E-state index contributed by atoms with van der Waals surface area (Å²) in [6.45, 7) is 7.48. The van der Waals surface area contributed by atoms with Crippen LogP contribution < -0.4 is 4.74 Å². The average Bonchev–Trinajstić information content (AvgIpc) is 3.29. The second kappa shape index (κ2) is 9.63. The second-order valence-electron chi connectivity index (χ2n) is 9.93. The normalized spacial score (nSPS) is 21.4. The van der Waals surface area contributed by atoms with Gasteiger partial charge in [0, 0.05) is 18.5 Å². The molecule has 1 saturated heterocycles. The number of aliphatic hydroxyl groups is 1. The zero-order valence-corrected chi connectivity index (χ0v) is 20.7. The van der Waals surface area contributed by atoms with Gasteiger partial charge in [-0.2, -0.15) is 0 Å². The number of benzene rings is 2. The number of rotatable bonds is 7. The highest BCUT2D eigenvalue weighted by Crippen LogP contribution is 2.41. The summed E-state index contributed by atoms with van der Waals surface area (Å²) in [4.78, 5) is 30.0. The lowest BCUT2D eigenvalue weighted by Crippen LogP contribution is -2.32. The molecule has 0 spiro atoms. The van der Waals surface area contributed by atoms with Gasteiger partial charge in [0.1, 0.15) is 17.6 Å². The molecule has 34 heavy (non-hydrogen) atoms. The predicted molar refractivity (Wildman–Crippen MR) is 133 cm³/mol. The third-order valence-corrected chi connectivity index (χ3v) is 6.63. The third-order valence-electron chi connectivity index (χ3n) is 6.63.